The van der Waals surface area contributed by atoms with Crippen LogP contribution in [0.1, 0.15) is 36.8 Å². The van der Waals surface area contributed by atoms with Crippen molar-refractivity contribution in [3.8, 4) is 22.6 Å². The third-order valence-corrected chi connectivity index (χ3v) is 5.97. The predicted octanol–water partition coefficient (Wildman–Crippen LogP) is 6.83. The smallest absolute Gasteiger partial charge is 0.336 e. The second-order valence-corrected chi connectivity index (χ2v) is 8.92. The molecule has 6 heteroatoms. The van der Waals surface area contributed by atoms with E-state index in [1.54, 1.807) is 25.3 Å². The van der Waals surface area contributed by atoms with Crippen molar-refractivity contribution in [2.45, 2.75) is 32.1 Å². The fraction of sp³-hybridized carbons (Fsp3) is 0.273. The summed E-state index contributed by atoms with van der Waals surface area (Å²) in [5.41, 5.74) is 4.19. The Morgan fingerprint density at radius 2 is 1.33 bits per heavy atom. The summed E-state index contributed by atoms with van der Waals surface area (Å²) >= 11 is 0. The Bertz CT molecular complexity index is 1190. The van der Waals surface area contributed by atoms with Gasteiger partial charge >= 0.3 is 11.9 Å². The molecular weight excluding hydrogens is 492 g/mol. The van der Waals surface area contributed by atoms with Crippen molar-refractivity contribution in [3.05, 3.63) is 103 Å². The second-order valence-electron chi connectivity index (χ2n) is 8.92. The molecule has 0 aliphatic heterocycles. The van der Waals surface area contributed by atoms with E-state index in [4.69, 9.17) is 18.9 Å². The third-order valence-electron chi connectivity index (χ3n) is 5.97. The van der Waals surface area contributed by atoms with Crippen LogP contribution in [0.3, 0.4) is 0 Å². The van der Waals surface area contributed by atoms with Crippen molar-refractivity contribution in [2.75, 3.05) is 26.9 Å². The van der Waals surface area contributed by atoms with Crippen molar-refractivity contribution < 1.29 is 28.5 Å². The van der Waals surface area contributed by atoms with Crippen molar-refractivity contribution in [3.63, 3.8) is 0 Å². The average molecular weight is 529 g/mol. The van der Waals surface area contributed by atoms with Gasteiger partial charge in [-0.05, 0) is 84.7 Å². The summed E-state index contributed by atoms with van der Waals surface area (Å²) in [6.45, 7) is 5.11. The van der Waals surface area contributed by atoms with Gasteiger partial charge in [0.15, 0.2) is 0 Å². The van der Waals surface area contributed by atoms with Crippen LogP contribution in [0.15, 0.2) is 91.5 Å². The van der Waals surface area contributed by atoms with Gasteiger partial charge in [-0.2, -0.15) is 0 Å². The summed E-state index contributed by atoms with van der Waals surface area (Å²) in [6.07, 6.45) is 8.96. The first-order valence-electron chi connectivity index (χ1n) is 13.2. The molecule has 6 nitrogen and oxygen atoms in total. The van der Waals surface area contributed by atoms with Crippen LogP contribution >= 0.6 is 0 Å². The zero-order valence-electron chi connectivity index (χ0n) is 22.5. The number of hydrogen-bond acceptors (Lipinski definition) is 6. The minimum atomic E-state index is -0.423. The van der Waals surface area contributed by atoms with E-state index in [1.165, 1.54) is 12.2 Å². The monoisotopic (exact) mass is 528 g/mol. The largest absolute Gasteiger partial charge is 0.494 e. The van der Waals surface area contributed by atoms with Crippen LogP contribution in [-0.4, -0.2) is 38.9 Å². The lowest BCUT2D eigenvalue weighted by atomic mass is 10.0. The summed E-state index contributed by atoms with van der Waals surface area (Å²) in [5.74, 6) is 0.552. The molecule has 0 atom stereocenters. The highest BCUT2D eigenvalue weighted by Crippen LogP contribution is 2.23. The summed E-state index contributed by atoms with van der Waals surface area (Å²) < 4.78 is 21.3. The molecule has 0 saturated carbocycles. The number of methoxy groups -OCH3 is 1. The van der Waals surface area contributed by atoms with Gasteiger partial charge in [0.05, 0.1) is 19.8 Å². The lowest BCUT2D eigenvalue weighted by Gasteiger charge is -2.08. The maximum Gasteiger partial charge on any atom is 0.336 e. The molecule has 0 aliphatic carbocycles. The van der Waals surface area contributed by atoms with Gasteiger partial charge in [-0.1, -0.05) is 55.1 Å². The van der Waals surface area contributed by atoms with Crippen LogP contribution in [0.2, 0.25) is 0 Å². The normalized spacial score (nSPS) is 10.8. The summed E-state index contributed by atoms with van der Waals surface area (Å²) in [5, 5.41) is 0. The van der Waals surface area contributed by atoms with Crippen LogP contribution in [-0.2, 0) is 25.5 Å². The van der Waals surface area contributed by atoms with Crippen molar-refractivity contribution in [2.24, 2.45) is 0 Å². The number of unbranched alkanes of at least 4 members (excludes halogenated alkanes) is 3. The van der Waals surface area contributed by atoms with Crippen LogP contribution in [0.4, 0.5) is 0 Å². The maximum absolute atomic E-state index is 12.2. The van der Waals surface area contributed by atoms with E-state index in [1.807, 2.05) is 60.7 Å². The van der Waals surface area contributed by atoms with E-state index < -0.39 is 5.97 Å². The molecule has 204 valence electrons. The van der Waals surface area contributed by atoms with Gasteiger partial charge in [-0.3, -0.25) is 0 Å². The van der Waals surface area contributed by atoms with Crippen LogP contribution < -0.4 is 9.47 Å². The molecule has 0 heterocycles. The molecule has 0 aliphatic rings. The average Bonchev–Trinajstić information content (AvgIpc) is 2.97. The predicted molar refractivity (Wildman–Crippen MR) is 154 cm³/mol. The Morgan fingerprint density at radius 3 is 1.97 bits per heavy atom. The second kappa shape index (κ2) is 16.6. The van der Waals surface area contributed by atoms with Gasteiger partial charge in [0, 0.05) is 19.3 Å². The van der Waals surface area contributed by atoms with E-state index >= 15 is 0 Å². The molecule has 0 saturated heterocycles. The van der Waals surface area contributed by atoms with Gasteiger partial charge in [0.2, 0.25) is 0 Å². The number of rotatable bonds is 16. The number of benzene rings is 3. The molecule has 3 rings (SSSR count). The quantitative estimate of drug-likeness (QED) is 0.0878. The van der Waals surface area contributed by atoms with E-state index in [0.717, 1.165) is 60.1 Å². The SMILES string of the molecule is C=CC(=O)OCCCCCCOc1ccc(-c2ccc(/C=C/C(=O)Oc3ccc(CCOC)cc3)cc2)cc1. The van der Waals surface area contributed by atoms with Crippen LogP contribution in [0.25, 0.3) is 17.2 Å². The first-order valence-corrected chi connectivity index (χ1v) is 13.2. The zero-order chi connectivity index (χ0) is 27.7. The van der Waals surface area contributed by atoms with Gasteiger partial charge < -0.3 is 18.9 Å². The summed E-state index contributed by atoms with van der Waals surface area (Å²) in [4.78, 5) is 23.2. The van der Waals surface area contributed by atoms with Crippen LogP contribution in [0, 0.1) is 0 Å². The van der Waals surface area contributed by atoms with E-state index in [9.17, 15) is 9.59 Å². The fourth-order valence-electron chi connectivity index (χ4n) is 3.77. The van der Waals surface area contributed by atoms with Crippen molar-refractivity contribution >= 4 is 18.0 Å². The Balaban J connectivity index is 1.38. The Labute approximate surface area is 230 Å². The lowest BCUT2D eigenvalue weighted by molar-refractivity contribution is -0.137. The minimum Gasteiger partial charge on any atom is -0.494 e. The van der Waals surface area contributed by atoms with E-state index in [0.29, 0.717) is 25.6 Å². The Kier molecular flexibility index (Phi) is 12.5. The molecule has 0 bridgehead atoms. The minimum absolute atomic E-state index is 0.371. The van der Waals surface area contributed by atoms with Gasteiger partial charge in [-0.15, -0.1) is 0 Å². The summed E-state index contributed by atoms with van der Waals surface area (Å²) in [6, 6.07) is 23.4. The lowest BCUT2D eigenvalue weighted by Crippen LogP contribution is -2.03. The highest BCUT2D eigenvalue weighted by molar-refractivity contribution is 5.88. The Hall–Kier alpha value is -4.16. The summed E-state index contributed by atoms with van der Waals surface area (Å²) in [7, 11) is 1.67. The molecule has 0 aromatic heterocycles. The molecule has 0 unspecified atom stereocenters. The first-order chi connectivity index (χ1) is 19.1. The molecular formula is C33H36O6. The molecule has 39 heavy (non-hydrogen) atoms. The molecule has 0 amide bonds. The fourth-order valence-corrected chi connectivity index (χ4v) is 3.77. The number of carbonyl (C=O) groups is 2. The first kappa shape index (κ1) is 29.4. The Morgan fingerprint density at radius 1 is 0.718 bits per heavy atom. The molecule has 0 radical (unpaired) electrons. The highest BCUT2D eigenvalue weighted by atomic mass is 16.5. The number of ether oxygens (including phenoxy) is 4. The van der Waals surface area contributed by atoms with Gasteiger partial charge in [0.25, 0.3) is 0 Å². The molecule has 0 spiro atoms. The van der Waals surface area contributed by atoms with E-state index in [-0.39, 0.29) is 5.97 Å². The van der Waals surface area contributed by atoms with E-state index in [2.05, 4.69) is 6.58 Å². The number of hydrogen-bond donors (Lipinski definition) is 0. The molecule has 0 fully saturated rings. The van der Waals surface area contributed by atoms with Crippen molar-refractivity contribution in [1.29, 1.82) is 0 Å². The number of esters is 2. The zero-order valence-corrected chi connectivity index (χ0v) is 22.5. The number of carbonyl (C=O) groups excluding carboxylic acids is 2. The maximum atomic E-state index is 12.2. The highest BCUT2D eigenvalue weighted by Gasteiger charge is 2.03. The van der Waals surface area contributed by atoms with Gasteiger partial charge in [-0.25, -0.2) is 9.59 Å². The van der Waals surface area contributed by atoms with Crippen LogP contribution in [0.5, 0.6) is 11.5 Å². The third kappa shape index (κ3) is 11.0. The van der Waals surface area contributed by atoms with Gasteiger partial charge in [0.1, 0.15) is 11.5 Å². The molecule has 0 N–H and O–H groups in total. The molecule has 3 aromatic rings. The topological polar surface area (TPSA) is 71.1 Å². The molecule has 3 aromatic carbocycles. The van der Waals surface area contributed by atoms with Crippen molar-refractivity contribution in [1.82, 2.24) is 0 Å². The standard InChI is InChI=1S/C33H36O6/c1-3-32(34)38-24-7-5-4-6-23-37-30-19-15-29(16-20-30)28-13-8-26(9-14-28)12-21-33(35)39-31-17-10-27(11-18-31)22-25-36-2/h3,8-21H,1,4-7,22-25H2,2H3/b21-12+.